The molecule has 2 aromatic rings. The third kappa shape index (κ3) is 5.62. The molecule has 3 atom stereocenters. The number of aliphatic hydroxyl groups is 1. The molecule has 1 spiro atoms. The topological polar surface area (TPSA) is 80.3 Å². The number of fused-ring (bicyclic) bond motifs is 2. The van der Waals surface area contributed by atoms with Crippen molar-refractivity contribution in [2.24, 2.45) is 22.6 Å². The molecular formula is C25H33F2N3O3. The molecule has 180 valence electrons. The van der Waals surface area contributed by atoms with Crippen LogP contribution in [0.15, 0.2) is 41.4 Å². The molecule has 2 aromatic carbocycles. The van der Waals surface area contributed by atoms with Crippen LogP contribution in [0.1, 0.15) is 46.1 Å². The monoisotopic (exact) mass is 461 g/mol. The van der Waals surface area contributed by atoms with E-state index >= 15 is 0 Å². The lowest BCUT2D eigenvalue weighted by atomic mass is 9.85. The van der Waals surface area contributed by atoms with Crippen LogP contribution in [0.2, 0.25) is 0 Å². The van der Waals surface area contributed by atoms with Crippen molar-refractivity contribution in [1.29, 1.82) is 0 Å². The number of benzene rings is 2. The minimum Gasteiger partial charge on any atom is -0.489 e. The summed E-state index contributed by atoms with van der Waals surface area (Å²) in [6.07, 6.45) is 0.731. The number of hydrogen-bond acceptors (Lipinski definition) is 6. The van der Waals surface area contributed by atoms with Crippen molar-refractivity contribution in [2.75, 3.05) is 13.7 Å². The minimum atomic E-state index is -1.09. The highest BCUT2D eigenvalue weighted by Gasteiger charge is 2.49. The van der Waals surface area contributed by atoms with Crippen LogP contribution in [-0.2, 0) is 10.6 Å². The van der Waals surface area contributed by atoms with Crippen molar-refractivity contribution in [3.05, 3.63) is 53.6 Å². The van der Waals surface area contributed by atoms with Crippen LogP contribution < -0.4 is 10.5 Å². The molecule has 3 N–H and O–H groups in total. The summed E-state index contributed by atoms with van der Waals surface area (Å²) in [7, 11) is 1.67. The van der Waals surface area contributed by atoms with Gasteiger partial charge in [0.05, 0.1) is 5.56 Å². The zero-order valence-electron chi connectivity index (χ0n) is 19.8. The molecule has 0 fully saturated rings. The fourth-order valence-corrected chi connectivity index (χ4v) is 3.87. The third-order valence-corrected chi connectivity index (χ3v) is 5.48. The van der Waals surface area contributed by atoms with Gasteiger partial charge in [-0.25, -0.2) is 23.7 Å². The number of guanidine groups is 1. The molecule has 2 aliphatic rings. The van der Waals surface area contributed by atoms with E-state index < -0.39 is 17.4 Å². The number of ether oxygens (including phenoxy) is 1. The second-order valence-electron chi connectivity index (χ2n) is 9.29. The van der Waals surface area contributed by atoms with E-state index in [1.807, 2.05) is 6.92 Å². The number of nitrogens with two attached hydrogens (primary N) is 1. The molecule has 6 nitrogen and oxygen atoms in total. The predicted molar refractivity (Wildman–Crippen MR) is 124 cm³/mol. The van der Waals surface area contributed by atoms with E-state index in [0.29, 0.717) is 35.3 Å². The molecule has 33 heavy (non-hydrogen) atoms. The van der Waals surface area contributed by atoms with E-state index in [1.165, 1.54) is 17.2 Å². The number of nitrogens with zero attached hydrogens (tertiary/aromatic N) is 2. The summed E-state index contributed by atoms with van der Waals surface area (Å²) in [6, 6.07) is 8.64. The Bertz CT molecular complexity index is 991. The normalized spacial score (nSPS) is 22.4. The van der Waals surface area contributed by atoms with Crippen molar-refractivity contribution in [1.82, 2.24) is 5.06 Å². The van der Waals surface area contributed by atoms with E-state index in [9.17, 15) is 13.9 Å². The Hall–Kier alpha value is -2.71. The van der Waals surface area contributed by atoms with E-state index in [4.69, 9.17) is 15.3 Å². The van der Waals surface area contributed by atoms with Gasteiger partial charge in [0, 0.05) is 26.1 Å². The molecule has 0 bridgehead atoms. The second-order valence-corrected chi connectivity index (χ2v) is 9.29. The summed E-state index contributed by atoms with van der Waals surface area (Å²) in [5.41, 5.74) is 6.54. The molecule has 2 aliphatic heterocycles. The molecule has 0 aliphatic carbocycles. The molecule has 0 saturated carbocycles. The lowest BCUT2D eigenvalue weighted by Crippen LogP contribution is -2.42. The van der Waals surface area contributed by atoms with Gasteiger partial charge in [0.2, 0.25) is 11.7 Å². The largest absolute Gasteiger partial charge is 0.489 e. The highest BCUT2D eigenvalue weighted by Crippen LogP contribution is 2.48. The van der Waals surface area contributed by atoms with Gasteiger partial charge in [-0.1, -0.05) is 33.8 Å². The van der Waals surface area contributed by atoms with E-state index in [-0.39, 0.29) is 24.6 Å². The average Bonchev–Trinajstić information content (AvgIpc) is 3.00. The maximum absolute atomic E-state index is 13.7. The van der Waals surface area contributed by atoms with Gasteiger partial charge in [-0.05, 0) is 53.6 Å². The van der Waals surface area contributed by atoms with Crippen LogP contribution in [0.5, 0.6) is 5.75 Å². The maximum atomic E-state index is 13.7. The van der Waals surface area contributed by atoms with Gasteiger partial charge in [0.1, 0.15) is 23.5 Å². The molecule has 8 heteroatoms. The second kappa shape index (κ2) is 10.1. The minimum absolute atomic E-state index is 0.0527. The van der Waals surface area contributed by atoms with Crippen LogP contribution in [0, 0.1) is 23.5 Å². The van der Waals surface area contributed by atoms with Gasteiger partial charge in [-0.2, -0.15) is 0 Å². The van der Waals surface area contributed by atoms with E-state index in [0.717, 1.165) is 12.0 Å². The summed E-state index contributed by atoms with van der Waals surface area (Å²) >= 11 is 0. The number of hydroxylamine groups is 2. The quantitative estimate of drug-likeness (QED) is 0.683. The molecular weight excluding hydrogens is 428 g/mol. The molecule has 0 radical (unpaired) electrons. The van der Waals surface area contributed by atoms with Gasteiger partial charge >= 0.3 is 0 Å². The Labute approximate surface area is 194 Å². The highest BCUT2D eigenvalue weighted by atomic mass is 19.1. The lowest BCUT2D eigenvalue weighted by Gasteiger charge is -2.39. The van der Waals surface area contributed by atoms with E-state index in [1.54, 1.807) is 25.2 Å². The van der Waals surface area contributed by atoms with Crippen molar-refractivity contribution >= 4 is 5.96 Å². The summed E-state index contributed by atoms with van der Waals surface area (Å²) in [5.74, 6) is 0.390. The number of rotatable bonds is 4. The summed E-state index contributed by atoms with van der Waals surface area (Å²) < 4.78 is 33.6. The molecule has 0 amide bonds. The van der Waals surface area contributed by atoms with Gasteiger partial charge in [-0.3, -0.25) is 0 Å². The molecule has 0 saturated heterocycles. The van der Waals surface area contributed by atoms with Crippen LogP contribution in [-0.4, -0.2) is 35.9 Å². The molecule has 2 unspecified atom stereocenters. The van der Waals surface area contributed by atoms with Crippen LogP contribution in [0.25, 0.3) is 11.1 Å². The van der Waals surface area contributed by atoms with Crippen molar-refractivity contribution in [2.45, 2.75) is 52.4 Å². The van der Waals surface area contributed by atoms with E-state index in [2.05, 4.69) is 25.8 Å². The zero-order chi connectivity index (χ0) is 24.3. The zero-order valence-corrected chi connectivity index (χ0v) is 19.8. The van der Waals surface area contributed by atoms with Gasteiger partial charge in [0.25, 0.3) is 0 Å². The molecule has 0 aromatic heterocycles. The Morgan fingerprint density at radius 2 is 1.76 bits per heavy atom. The first-order chi connectivity index (χ1) is 15.5. The number of halogens is 2. The number of aliphatic hydroxyl groups excluding tert-OH is 1. The SMILES string of the molecule is CC(C)C.CC(CCO)C1C[C@@]2(N=C(N)N(C)O2)c2cc(-c3cc(F)cc(F)c3)ccc2O1. The first-order valence-electron chi connectivity index (χ1n) is 11.2. The first-order valence-corrected chi connectivity index (χ1v) is 11.2. The standard InChI is InChI=1S/C21H23F2N3O3.C4H10/c1-12(5-6-27)19-11-21(25-20(24)26(2)29-21)17-9-13(3-4-18(17)28-19)14-7-15(22)10-16(23)8-14;1-4(2)3/h3-4,7-10,12,19,27H,5-6,11H2,1-2H3,(H2,24,25);4H,1-3H3/t12?,19?,21-;/m0./s1. The summed E-state index contributed by atoms with van der Waals surface area (Å²) in [6.45, 7) is 8.55. The Morgan fingerprint density at radius 3 is 2.30 bits per heavy atom. The van der Waals surface area contributed by atoms with Gasteiger partial charge < -0.3 is 15.6 Å². The molecule has 2 heterocycles. The fourth-order valence-electron chi connectivity index (χ4n) is 3.87. The van der Waals surface area contributed by atoms with Crippen LogP contribution in [0.3, 0.4) is 0 Å². The molecule has 4 rings (SSSR count). The third-order valence-electron chi connectivity index (χ3n) is 5.48. The highest BCUT2D eigenvalue weighted by molar-refractivity contribution is 5.79. The predicted octanol–water partition coefficient (Wildman–Crippen LogP) is 4.81. The number of aliphatic imine (C=N–C) groups is 1. The van der Waals surface area contributed by atoms with Crippen molar-refractivity contribution in [3.63, 3.8) is 0 Å². The van der Waals surface area contributed by atoms with Crippen LogP contribution >= 0.6 is 0 Å². The Morgan fingerprint density at radius 1 is 1.12 bits per heavy atom. The van der Waals surface area contributed by atoms with Gasteiger partial charge in [0.15, 0.2) is 0 Å². The lowest BCUT2D eigenvalue weighted by molar-refractivity contribution is -0.194. The Balaban J connectivity index is 0.000000709. The van der Waals surface area contributed by atoms with Crippen molar-refractivity contribution < 1.29 is 23.5 Å². The van der Waals surface area contributed by atoms with Gasteiger partial charge in [-0.15, -0.1) is 0 Å². The van der Waals surface area contributed by atoms with Crippen LogP contribution in [0.4, 0.5) is 8.78 Å². The van der Waals surface area contributed by atoms with Crippen molar-refractivity contribution in [3.8, 4) is 16.9 Å². The average molecular weight is 462 g/mol. The summed E-state index contributed by atoms with van der Waals surface area (Å²) in [5, 5.41) is 10.7. The summed E-state index contributed by atoms with van der Waals surface area (Å²) in [4.78, 5) is 10.6. The Kier molecular flexibility index (Phi) is 7.59. The fraction of sp³-hybridized carbons (Fsp3) is 0.480. The first kappa shape index (κ1) is 24.9. The maximum Gasteiger partial charge on any atom is 0.221 e. The number of hydrogen-bond donors (Lipinski definition) is 2. The smallest absolute Gasteiger partial charge is 0.221 e.